The molecule has 1 aromatic carbocycles. The molecule has 0 aliphatic carbocycles. The van der Waals surface area contributed by atoms with Crippen molar-refractivity contribution < 1.29 is 4.79 Å². The minimum Gasteiger partial charge on any atom is -0.324 e. The van der Waals surface area contributed by atoms with Crippen molar-refractivity contribution in [3.05, 3.63) is 28.7 Å². The normalized spacial score (nSPS) is 12.2. The van der Waals surface area contributed by atoms with Crippen molar-refractivity contribution >= 4 is 39.1 Å². The van der Waals surface area contributed by atoms with Gasteiger partial charge < -0.3 is 5.32 Å². The first-order valence-electron chi connectivity index (χ1n) is 3.80. The smallest absolute Gasteiger partial charge is 0.242 e. The number of hydrogen-bond donors (Lipinski definition) is 1. The molecule has 4 heteroatoms. The van der Waals surface area contributed by atoms with E-state index in [2.05, 4.69) is 21.2 Å². The topological polar surface area (TPSA) is 29.1 Å². The molecule has 0 radical (unpaired) electrons. The zero-order chi connectivity index (χ0) is 9.84. The predicted octanol–water partition coefficient (Wildman–Crippen LogP) is 3.01. The Balaban J connectivity index is 2.75. The fraction of sp³-hybridized carbons (Fsp3) is 0.222. The minimum absolute atomic E-state index is 0.200. The average Bonchev–Trinajstić information content (AvgIpc) is 2.08. The highest BCUT2D eigenvalue weighted by Crippen LogP contribution is 2.21. The van der Waals surface area contributed by atoms with Crippen LogP contribution in [0.1, 0.15) is 6.92 Å². The fourth-order valence-corrected chi connectivity index (χ4v) is 1.23. The van der Waals surface area contributed by atoms with Crippen molar-refractivity contribution in [3.63, 3.8) is 0 Å². The molecule has 0 aromatic heterocycles. The van der Waals surface area contributed by atoms with Gasteiger partial charge in [-0.2, -0.15) is 0 Å². The number of nitrogens with one attached hydrogen (secondary N) is 1. The zero-order valence-corrected chi connectivity index (χ0v) is 9.39. The Bertz CT molecular complexity index is 314. The van der Waals surface area contributed by atoms with Gasteiger partial charge in [0.05, 0.1) is 5.69 Å². The Kier molecular flexibility index (Phi) is 3.75. The number of amides is 1. The quantitative estimate of drug-likeness (QED) is 0.816. The van der Waals surface area contributed by atoms with E-state index in [1.165, 1.54) is 0 Å². The number of halogens is 2. The summed E-state index contributed by atoms with van der Waals surface area (Å²) in [4.78, 5) is 11.2. The van der Waals surface area contributed by atoms with Crippen LogP contribution in [0.3, 0.4) is 0 Å². The summed E-state index contributed by atoms with van der Waals surface area (Å²) in [5.41, 5.74) is 0.736. The lowest BCUT2D eigenvalue weighted by atomic mass is 10.3. The van der Waals surface area contributed by atoms with Crippen LogP contribution in [0.15, 0.2) is 28.7 Å². The van der Waals surface area contributed by atoms with Crippen LogP contribution in [0, 0.1) is 0 Å². The van der Waals surface area contributed by atoms with Crippen LogP contribution in [0.25, 0.3) is 0 Å². The van der Waals surface area contributed by atoms with E-state index in [9.17, 15) is 4.79 Å². The van der Waals surface area contributed by atoms with Gasteiger partial charge in [-0.3, -0.25) is 4.79 Å². The van der Waals surface area contributed by atoms with E-state index >= 15 is 0 Å². The van der Waals surface area contributed by atoms with Gasteiger partial charge in [-0.25, -0.2) is 0 Å². The SMILES string of the molecule is C[C@H](Cl)C(=O)Nc1ccccc1Br. The molecule has 0 heterocycles. The van der Waals surface area contributed by atoms with Gasteiger partial charge in [0.2, 0.25) is 5.91 Å². The molecule has 0 fully saturated rings. The molecule has 1 amide bonds. The summed E-state index contributed by atoms with van der Waals surface area (Å²) < 4.78 is 0.848. The standard InChI is InChI=1S/C9H9BrClNO/c1-6(11)9(13)12-8-5-3-2-4-7(8)10/h2-6H,1H3,(H,12,13)/t6-/m0/s1. The molecule has 1 atom stereocenters. The van der Waals surface area contributed by atoms with Crippen molar-refractivity contribution in [2.75, 3.05) is 5.32 Å². The van der Waals surface area contributed by atoms with Gasteiger partial charge in [0.15, 0.2) is 0 Å². The third-order valence-corrected chi connectivity index (χ3v) is 2.38. The average molecular weight is 263 g/mol. The van der Waals surface area contributed by atoms with Crippen LogP contribution in [0.4, 0.5) is 5.69 Å². The maximum atomic E-state index is 11.2. The van der Waals surface area contributed by atoms with Gasteiger partial charge in [-0.05, 0) is 35.0 Å². The summed E-state index contributed by atoms with van der Waals surface area (Å²) in [5, 5.41) is 2.17. The molecule has 0 saturated carbocycles. The molecule has 0 unspecified atom stereocenters. The van der Waals surface area contributed by atoms with Crippen LogP contribution in [0.2, 0.25) is 0 Å². The largest absolute Gasteiger partial charge is 0.324 e. The van der Waals surface area contributed by atoms with Gasteiger partial charge in [0.25, 0.3) is 0 Å². The lowest BCUT2D eigenvalue weighted by molar-refractivity contribution is -0.115. The molecule has 0 saturated heterocycles. The van der Waals surface area contributed by atoms with Gasteiger partial charge in [0.1, 0.15) is 5.38 Å². The molecule has 2 nitrogen and oxygen atoms in total. The second-order valence-corrected chi connectivity index (χ2v) is 4.09. The summed E-state index contributed by atoms with van der Waals surface area (Å²) in [6.45, 7) is 1.63. The van der Waals surface area contributed by atoms with Crippen LogP contribution in [-0.2, 0) is 4.79 Å². The number of carbonyl (C=O) groups excluding carboxylic acids is 1. The molecular weight excluding hydrogens is 253 g/mol. The van der Waals surface area contributed by atoms with E-state index in [1.807, 2.05) is 18.2 Å². The number of anilines is 1. The van der Waals surface area contributed by atoms with Crippen molar-refractivity contribution in [1.29, 1.82) is 0 Å². The number of para-hydroxylation sites is 1. The number of benzene rings is 1. The fourth-order valence-electron chi connectivity index (χ4n) is 0.795. The first-order chi connectivity index (χ1) is 6.11. The van der Waals surface area contributed by atoms with E-state index in [0.29, 0.717) is 0 Å². The molecule has 1 N–H and O–H groups in total. The summed E-state index contributed by atoms with van der Waals surface area (Å²) in [6.07, 6.45) is 0. The van der Waals surface area contributed by atoms with Crippen LogP contribution < -0.4 is 5.32 Å². The van der Waals surface area contributed by atoms with Gasteiger partial charge in [-0.15, -0.1) is 11.6 Å². The van der Waals surface area contributed by atoms with Crippen molar-refractivity contribution in [2.24, 2.45) is 0 Å². The van der Waals surface area contributed by atoms with Gasteiger partial charge >= 0.3 is 0 Å². The number of rotatable bonds is 2. The third-order valence-electron chi connectivity index (χ3n) is 1.49. The maximum absolute atomic E-state index is 11.2. The molecule has 0 spiro atoms. The van der Waals surface area contributed by atoms with Gasteiger partial charge in [-0.1, -0.05) is 12.1 Å². The van der Waals surface area contributed by atoms with Gasteiger partial charge in [0, 0.05) is 4.47 Å². The van der Waals surface area contributed by atoms with Crippen molar-refractivity contribution in [3.8, 4) is 0 Å². The first-order valence-corrected chi connectivity index (χ1v) is 5.03. The van der Waals surface area contributed by atoms with Crippen molar-refractivity contribution in [1.82, 2.24) is 0 Å². The molecule has 70 valence electrons. The Morgan fingerprint density at radius 3 is 2.69 bits per heavy atom. The van der Waals surface area contributed by atoms with E-state index in [4.69, 9.17) is 11.6 Å². The molecule has 0 bridgehead atoms. The van der Waals surface area contributed by atoms with E-state index in [1.54, 1.807) is 13.0 Å². The minimum atomic E-state index is -0.521. The number of alkyl halides is 1. The molecule has 13 heavy (non-hydrogen) atoms. The molecule has 1 aromatic rings. The van der Waals surface area contributed by atoms with Crippen LogP contribution >= 0.6 is 27.5 Å². The van der Waals surface area contributed by atoms with E-state index in [-0.39, 0.29) is 5.91 Å². The molecular formula is C9H9BrClNO. The Hall–Kier alpha value is -0.540. The second kappa shape index (κ2) is 4.63. The zero-order valence-electron chi connectivity index (χ0n) is 7.05. The lowest BCUT2D eigenvalue weighted by Gasteiger charge is -2.07. The number of hydrogen-bond acceptors (Lipinski definition) is 1. The maximum Gasteiger partial charge on any atom is 0.242 e. The Morgan fingerprint density at radius 1 is 1.54 bits per heavy atom. The molecule has 0 aliphatic heterocycles. The highest BCUT2D eigenvalue weighted by Gasteiger charge is 2.09. The highest BCUT2D eigenvalue weighted by molar-refractivity contribution is 9.10. The molecule has 1 rings (SSSR count). The Morgan fingerprint density at radius 2 is 2.15 bits per heavy atom. The monoisotopic (exact) mass is 261 g/mol. The summed E-state index contributed by atoms with van der Waals surface area (Å²) in [5.74, 6) is -0.200. The Labute approximate surface area is 90.4 Å². The van der Waals surface area contributed by atoms with Crippen LogP contribution in [0.5, 0.6) is 0 Å². The predicted molar refractivity (Wildman–Crippen MR) is 58.1 cm³/mol. The highest BCUT2D eigenvalue weighted by atomic mass is 79.9. The van der Waals surface area contributed by atoms with Crippen LogP contribution in [-0.4, -0.2) is 11.3 Å². The second-order valence-electron chi connectivity index (χ2n) is 2.59. The summed E-state index contributed by atoms with van der Waals surface area (Å²) >= 11 is 8.92. The summed E-state index contributed by atoms with van der Waals surface area (Å²) in [7, 11) is 0. The third kappa shape index (κ3) is 3.01. The molecule has 0 aliphatic rings. The van der Waals surface area contributed by atoms with E-state index < -0.39 is 5.38 Å². The summed E-state index contributed by atoms with van der Waals surface area (Å²) in [6, 6.07) is 7.39. The van der Waals surface area contributed by atoms with Crippen molar-refractivity contribution in [2.45, 2.75) is 12.3 Å². The van der Waals surface area contributed by atoms with E-state index in [0.717, 1.165) is 10.2 Å². The lowest BCUT2D eigenvalue weighted by Crippen LogP contribution is -2.20. The first kappa shape index (κ1) is 10.5. The number of carbonyl (C=O) groups is 1.